The van der Waals surface area contributed by atoms with Crippen LogP contribution in [0.15, 0.2) is 36.8 Å². The smallest absolute Gasteiger partial charge is 0.339 e. The molecule has 2 heterocycles. The van der Waals surface area contributed by atoms with Gasteiger partial charge in [-0.05, 0) is 50.5 Å². The minimum Gasteiger partial charge on any atom is -0.462 e. The van der Waals surface area contributed by atoms with Crippen molar-refractivity contribution in [1.29, 1.82) is 0 Å². The topological polar surface area (TPSA) is 90.1 Å². The van der Waals surface area contributed by atoms with Crippen LogP contribution in [0.3, 0.4) is 0 Å². The number of nitrogen functional groups attached to an aromatic ring is 1. The number of anilines is 2. The molecule has 2 aromatic heterocycles. The van der Waals surface area contributed by atoms with Gasteiger partial charge in [0.15, 0.2) is 0 Å². The highest BCUT2D eigenvalue weighted by Crippen LogP contribution is 2.24. The molecule has 0 saturated heterocycles. The summed E-state index contributed by atoms with van der Waals surface area (Å²) < 4.78 is 4.92. The molecule has 26 heavy (non-hydrogen) atoms. The number of esters is 1. The van der Waals surface area contributed by atoms with E-state index in [4.69, 9.17) is 10.5 Å². The second kappa shape index (κ2) is 10.4. The van der Waals surface area contributed by atoms with Gasteiger partial charge < -0.3 is 15.8 Å². The lowest BCUT2D eigenvalue weighted by atomic mass is 9.95. The van der Waals surface area contributed by atoms with Crippen molar-refractivity contribution in [3.63, 3.8) is 0 Å². The molecule has 3 rings (SSSR count). The standard InChI is InChI=1S/C14H21N3O2.C6H7N/c1-2-19-14(18)10-8-12(15)13(16-9-10)17-11-6-4-3-5-7-11;1-6-2-4-7-5-3-6/h8-9,11H,2-7,15H2,1H3,(H,16,17);2-5H,1H3. The number of rotatable bonds is 4. The Kier molecular flexibility index (Phi) is 7.86. The molecule has 0 spiro atoms. The molecule has 1 aliphatic rings. The minimum atomic E-state index is -0.383. The first-order chi connectivity index (χ1) is 12.6. The Labute approximate surface area is 155 Å². The van der Waals surface area contributed by atoms with Crippen molar-refractivity contribution in [1.82, 2.24) is 9.97 Å². The van der Waals surface area contributed by atoms with Crippen molar-refractivity contribution >= 4 is 17.5 Å². The maximum Gasteiger partial charge on any atom is 0.339 e. The zero-order valence-corrected chi connectivity index (χ0v) is 15.6. The third-order valence-corrected chi connectivity index (χ3v) is 4.22. The molecule has 1 fully saturated rings. The zero-order valence-electron chi connectivity index (χ0n) is 15.6. The van der Waals surface area contributed by atoms with Gasteiger partial charge in [-0.3, -0.25) is 4.98 Å². The Morgan fingerprint density at radius 2 is 1.96 bits per heavy atom. The van der Waals surface area contributed by atoms with Gasteiger partial charge in [0.1, 0.15) is 5.82 Å². The number of nitrogens with two attached hydrogens (primary N) is 1. The van der Waals surface area contributed by atoms with Gasteiger partial charge in [-0.2, -0.15) is 0 Å². The quantitative estimate of drug-likeness (QED) is 0.806. The van der Waals surface area contributed by atoms with Crippen LogP contribution in [-0.4, -0.2) is 28.6 Å². The molecule has 0 bridgehead atoms. The number of nitrogens with one attached hydrogen (secondary N) is 1. The third-order valence-electron chi connectivity index (χ3n) is 4.22. The van der Waals surface area contributed by atoms with Crippen LogP contribution in [0.25, 0.3) is 0 Å². The van der Waals surface area contributed by atoms with E-state index in [-0.39, 0.29) is 5.97 Å². The van der Waals surface area contributed by atoms with Crippen LogP contribution < -0.4 is 11.1 Å². The molecule has 1 saturated carbocycles. The highest BCUT2D eigenvalue weighted by atomic mass is 16.5. The van der Waals surface area contributed by atoms with E-state index in [1.165, 1.54) is 31.0 Å². The fourth-order valence-corrected chi connectivity index (χ4v) is 2.80. The summed E-state index contributed by atoms with van der Waals surface area (Å²) in [6, 6.07) is 6.01. The predicted octanol–water partition coefficient (Wildman–Crippen LogP) is 3.98. The number of aryl methyl sites for hydroxylation is 1. The van der Waals surface area contributed by atoms with E-state index in [0.29, 0.717) is 29.7 Å². The zero-order chi connectivity index (χ0) is 18.8. The fourth-order valence-electron chi connectivity index (χ4n) is 2.80. The largest absolute Gasteiger partial charge is 0.462 e. The second-order valence-corrected chi connectivity index (χ2v) is 6.39. The predicted molar refractivity (Wildman–Crippen MR) is 104 cm³/mol. The Morgan fingerprint density at radius 3 is 2.50 bits per heavy atom. The Hall–Kier alpha value is -2.63. The molecule has 1 aliphatic carbocycles. The number of ether oxygens (including phenoxy) is 1. The number of nitrogens with zero attached hydrogens (tertiary/aromatic N) is 2. The van der Waals surface area contributed by atoms with E-state index < -0.39 is 0 Å². The molecular formula is C20H28N4O2. The van der Waals surface area contributed by atoms with Crippen molar-refractivity contribution in [2.24, 2.45) is 0 Å². The van der Waals surface area contributed by atoms with Gasteiger partial charge in [0.2, 0.25) is 0 Å². The molecule has 2 aromatic rings. The summed E-state index contributed by atoms with van der Waals surface area (Å²) in [7, 11) is 0. The average molecular weight is 356 g/mol. The Bertz CT molecular complexity index is 685. The van der Waals surface area contributed by atoms with Crippen molar-refractivity contribution < 1.29 is 9.53 Å². The second-order valence-electron chi connectivity index (χ2n) is 6.39. The van der Waals surface area contributed by atoms with Gasteiger partial charge in [-0.15, -0.1) is 0 Å². The molecule has 140 valence electrons. The molecule has 0 atom stereocenters. The maximum atomic E-state index is 11.6. The number of carbonyl (C=O) groups excluding carboxylic acids is 1. The van der Waals surface area contributed by atoms with E-state index in [0.717, 1.165) is 12.8 Å². The highest BCUT2D eigenvalue weighted by molar-refractivity contribution is 5.90. The van der Waals surface area contributed by atoms with E-state index in [1.54, 1.807) is 25.4 Å². The number of aromatic nitrogens is 2. The van der Waals surface area contributed by atoms with Gasteiger partial charge in [0.25, 0.3) is 0 Å². The van der Waals surface area contributed by atoms with Crippen LogP contribution in [0, 0.1) is 6.92 Å². The van der Waals surface area contributed by atoms with Crippen molar-refractivity contribution in [3.05, 3.63) is 47.9 Å². The first kappa shape index (κ1) is 19.7. The number of hydrogen-bond acceptors (Lipinski definition) is 6. The van der Waals surface area contributed by atoms with Crippen LogP contribution in [0.2, 0.25) is 0 Å². The first-order valence-corrected chi connectivity index (χ1v) is 9.16. The van der Waals surface area contributed by atoms with E-state index >= 15 is 0 Å². The fraction of sp³-hybridized carbons (Fsp3) is 0.450. The van der Waals surface area contributed by atoms with Gasteiger partial charge in [-0.1, -0.05) is 19.3 Å². The van der Waals surface area contributed by atoms with Crippen LogP contribution in [0.4, 0.5) is 11.5 Å². The van der Waals surface area contributed by atoms with E-state index in [1.807, 2.05) is 19.1 Å². The minimum absolute atomic E-state index is 0.348. The molecule has 3 N–H and O–H groups in total. The van der Waals surface area contributed by atoms with Crippen LogP contribution in [0.1, 0.15) is 54.9 Å². The van der Waals surface area contributed by atoms with Gasteiger partial charge >= 0.3 is 5.97 Å². The maximum absolute atomic E-state index is 11.6. The van der Waals surface area contributed by atoms with Crippen molar-refractivity contribution in [2.75, 3.05) is 17.7 Å². The Balaban J connectivity index is 0.000000290. The Morgan fingerprint density at radius 1 is 1.27 bits per heavy atom. The van der Waals surface area contributed by atoms with E-state index in [9.17, 15) is 4.79 Å². The summed E-state index contributed by atoms with van der Waals surface area (Å²) >= 11 is 0. The van der Waals surface area contributed by atoms with Gasteiger partial charge in [-0.25, -0.2) is 9.78 Å². The molecular weight excluding hydrogens is 328 g/mol. The SMILES string of the molecule is CCOC(=O)c1cnc(NC2CCCCC2)c(N)c1.Cc1ccncc1. The van der Waals surface area contributed by atoms with Crippen molar-refractivity contribution in [3.8, 4) is 0 Å². The van der Waals surface area contributed by atoms with E-state index in [2.05, 4.69) is 15.3 Å². The molecule has 0 amide bonds. The summed E-state index contributed by atoms with van der Waals surface area (Å²) in [5.41, 5.74) is 8.09. The summed E-state index contributed by atoms with van der Waals surface area (Å²) in [5, 5.41) is 3.36. The lowest BCUT2D eigenvalue weighted by Crippen LogP contribution is -2.23. The summed E-state index contributed by atoms with van der Waals surface area (Å²) in [6.45, 7) is 4.16. The average Bonchev–Trinajstić information content (AvgIpc) is 2.65. The van der Waals surface area contributed by atoms with Crippen LogP contribution >= 0.6 is 0 Å². The lowest BCUT2D eigenvalue weighted by molar-refractivity contribution is 0.0526. The molecule has 0 aliphatic heterocycles. The number of hydrogen-bond donors (Lipinski definition) is 2. The molecule has 0 aromatic carbocycles. The van der Waals surface area contributed by atoms with Crippen LogP contribution in [-0.2, 0) is 4.74 Å². The molecule has 0 radical (unpaired) electrons. The van der Waals surface area contributed by atoms with Crippen LogP contribution in [0.5, 0.6) is 0 Å². The van der Waals surface area contributed by atoms with Crippen molar-refractivity contribution in [2.45, 2.75) is 52.0 Å². The van der Waals surface area contributed by atoms with Gasteiger partial charge in [0.05, 0.1) is 17.9 Å². The summed E-state index contributed by atoms with van der Waals surface area (Å²) in [5.74, 6) is 0.283. The number of carbonyl (C=O) groups is 1. The lowest BCUT2D eigenvalue weighted by Gasteiger charge is -2.23. The first-order valence-electron chi connectivity index (χ1n) is 9.16. The highest BCUT2D eigenvalue weighted by Gasteiger charge is 2.16. The summed E-state index contributed by atoms with van der Waals surface area (Å²) in [6.07, 6.45) is 11.2. The monoisotopic (exact) mass is 356 g/mol. The number of pyridine rings is 2. The normalized spacial score (nSPS) is 14.1. The molecule has 6 heteroatoms. The van der Waals surface area contributed by atoms with Gasteiger partial charge in [0, 0.05) is 24.6 Å². The molecule has 6 nitrogen and oxygen atoms in total. The molecule has 0 unspecified atom stereocenters. The summed E-state index contributed by atoms with van der Waals surface area (Å²) in [4.78, 5) is 19.6. The third kappa shape index (κ3) is 6.35.